The normalized spacial score (nSPS) is 18.0. The lowest BCUT2D eigenvalue weighted by Crippen LogP contribution is -2.21. The molecular weight excluding hydrogens is 186 g/mol. The molecule has 1 saturated carbocycles. The third-order valence-corrected chi connectivity index (χ3v) is 3.37. The molecule has 1 atom stereocenters. The number of aromatic nitrogens is 2. The summed E-state index contributed by atoms with van der Waals surface area (Å²) in [7, 11) is 2.01. The number of nitrogens with two attached hydrogens (primary N) is 1. The van der Waals surface area contributed by atoms with Gasteiger partial charge in [-0.3, -0.25) is 4.68 Å². The Labute approximate surface area is 91.7 Å². The highest BCUT2D eigenvalue weighted by Crippen LogP contribution is 2.33. The van der Waals surface area contributed by atoms with Gasteiger partial charge in [0.2, 0.25) is 0 Å². The van der Waals surface area contributed by atoms with Crippen molar-refractivity contribution in [2.75, 3.05) is 0 Å². The molecule has 84 valence electrons. The van der Waals surface area contributed by atoms with E-state index in [1.807, 2.05) is 17.9 Å². The molecule has 1 aromatic heterocycles. The van der Waals surface area contributed by atoms with E-state index in [0.29, 0.717) is 6.04 Å². The van der Waals surface area contributed by atoms with Gasteiger partial charge in [-0.05, 0) is 44.1 Å². The fourth-order valence-electron chi connectivity index (χ4n) is 2.09. The fourth-order valence-corrected chi connectivity index (χ4v) is 2.09. The van der Waals surface area contributed by atoms with Crippen LogP contribution in [0.15, 0.2) is 12.3 Å². The first-order chi connectivity index (χ1) is 7.27. The van der Waals surface area contributed by atoms with E-state index in [1.165, 1.54) is 37.8 Å². The zero-order valence-corrected chi connectivity index (χ0v) is 9.52. The Morgan fingerprint density at radius 3 is 2.93 bits per heavy atom. The van der Waals surface area contributed by atoms with Crippen molar-refractivity contribution in [3.05, 3.63) is 18.0 Å². The van der Waals surface area contributed by atoms with E-state index in [9.17, 15) is 0 Å². The first kappa shape index (κ1) is 10.7. The molecular formula is C12H21N3. The molecule has 1 fully saturated rings. The van der Waals surface area contributed by atoms with Crippen LogP contribution < -0.4 is 5.73 Å². The van der Waals surface area contributed by atoms with Gasteiger partial charge in [-0.25, -0.2) is 0 Å². The fraction of sp³-hybridized carbons (Fsp3) is 0.750. The largest absolute Gasteiger partial charge is 0.327 e. The number of hydrogen-bond donors (Lipinski definition) is 1. The highest BCUT2D eigenvalue weighted by Gasteiger charge is 2.27. The molecule has 0 bridgehead atoms. The van der Waals surface area contributed by atoms with E-state index in [2.05, 4.69) is 11.2 Å². The van der Waals surface area contributed by atoms with Crippen LogP contribution >= 0.6 is 0 Å². The molecule has 0 aromatic carbocycles. The molecule has 1 unspecified atom stereocenters. The van der Waals surface area contributed by atoms with Crippen LogP contribution in [-0.2, 0) is 13.5 Å². The molecule has 1 heterocycles. The quantitative estimate of drug-likeness (QED) is 0.724. The van der Waals surface area contributed by atoms with Gasteiger partial charge in [0.25, 0.3) is 0 Å². The van der Waals surface area contributed by atoms with Gasteiger partial charge in [-0.1, -0.05) is 6.42 Å². The van der Waals surface area contributed by atoms with E-state index in [4.69, 9.17) is 5.73 Å². The van der Waals surface area contributed by atoms with E-state index in [-0.39, 0.29) is 0 Å². The van der Waals surface area contributed by atoms with Crippen molar-refractivity contribution in [1.29, 1.82) is 0 Å². The van der Waals surface area contributed by atoms with Gasteiger partial charge in [-0.15, -0.1) is 0 Å². The highest BCUT2D eigenvalue weighted by molar-refractivity contribution is 4.99. The molecule has 0 amide bonds. The van der Waals surface area contributed by atoms with Gasteiger partial charge in [0.05, 0.1) is 0 Å². The number of nitrogens with zero attached hydrogens (tertiary/aromatic N) is 2. The van der Waals surface area contributed by atoms with Gasteiger partial charge in [0.15, 0.2) is 0 Å². The average molecular weight is 207 g/mol. The van der Waals surface area contributed by atoms with Crippen molar-refractivity contribution in [3.63, 3.8) is 0 Å². The summed E-state index contributed by atoms with van der Waals surface area (Å²) in [6.07, 6.45) is 9.41. The summed E-state index contributed by atoms with van der Waals surface area (Å²) in [6.45, 7) is 0. The van der Waals surface area contributed by atoms with Gasteiger partial charge < -0.3 is 5.73 Å². The third kappa shape index (κ3) is 3.06. The van der Waals surface area contributed by atoms with Crippen molar-refractivity contribution in [2.45, 2.75) is 44.6 Å². The molecule has 2 rings (SSSR count). The molecule has 0 aliphatic heterocycles. The predicted octanol–water partition coefficient (Wildman–Crippen LogP) is 1.87. The predicted molar refractivity (Wildman–Crippen MR) is 61.5 cm³/mol. The van der Waals surface area contributed by atoms with E-state index >= 15 is 0 Å². The Morgan fingerprint density at radius 2 is 2.33 bits per heavy atom. The second-order valence-electron chi connectivity index (χ2n) is 4.69. The number of hydrogen-bond acceptors (Lipinski definition) is 2. The number of aryl methyl sites for hydroxylation is 2. The van der Waals surface area contributed by atoms with E-state index in [1.54, 1.807) is 0 Å². The van der Waals surface area contributed by atoms with Crippen LogP contribution in [-0.4, -0.2) is 15.8 Å². The van der Waals surface area contributed by atoms with E-state index in [0.717, 1.165) is 12.3 Å². The van der Waals surface area contributed by atoms with Crippen LogP contribution in [0.25, 0.3) is 0 Å². The molecule has 1 aliphatic rings. The van der Waals surface area contributed by atoms with Gasteiger partial charge in [0, 0.05) is 25.0 Å². The Hall–Kier alpha value is -0.830. The summed E-state index contributed by atoms with van der Waals surface area (Å²) < 4.78 is 1.96. The van der Waals surface area contributed by atoms with Crippen LogP contribution in [0.4, 0.5) is 0 Å². The van der Waals surface area contributed by atoms with Gasteiger partial charge in [-0.2, -0.15) is 5.10 Å². The van der Waals surface area contributed by atoms with Crippen LogP contribution in [0.5, 0.6) is 0 Å². The van der Waals surface area contributed by atoms with Crippen molar-refractivity contribution < 1.29 is 0 Å². The molecule has 1 aromatic rings. The van der Waals surface area contributed by atoms with Crippen LogP contribution in [0.1, 0.15) is 37.8 Å². The number of rotatable bonds is 6. The van der Waals surface area contributed by atoms with Crippen LogP contribution in [0.2, 0.25) is 0 Å². The average Bonchev–Trinajstić information content (AvgIpc) is 2.99. The second-order valence-corrected chi connectivity index (χ2v) is 4.69. The minimum Gasteiger partial charge on any atom is -0.327 e. The first-order valence-corrected chi connectivity index (χ1v) is 6.00. The first-order valence-electron chi connectivity index (χ1n) is 6.00. The molecule has 3 heteroatoms. The van der Waals surface area contributed by atoms with Crippen molar-refractivity contribution in [3.8, 4) is 0 Å². The Bertz CT molecular complexity index is 302. The van der Waals surface area contributed by atoms with Gasteiger partial charge in [0.1, 0.15) is 0 Å². The zero-order chi connectivity index (χ0) is 10.7. The maximum Gasteiger partial charge on any atom is 0.0492 e. The summed E-state index contributed by atoms with van der Waals surface area (Å²) in [5.74, 6) is 0.849. The van der Waals surface area contributed by atoms with Gasteiger partial charge >= 0.3 is 0 Å². The smallest absolute Gasteiger partial charge is 0.0492 e. The van der Waals surface area contributed by atoms with Crippen molar-refractivity contribution in [1.82, 2.24) is 9.78 Å². The number of unbranched alkanes of at least 4 members (excludes halogenated alkanes) is 1. The summed E-state index contributed by atoms with van der Waals surface area (Å²) in [5, 5.41) is 4.16. The molecule has 0 spiro atoms. The lowest BCUT2D eigenvalue weighted by molar-refractivity contribution is 0.512. The maximum absolute atomic E-state index is 6.05. The molecule has 15 heavy (non-hydrogen) atoms. The molecule has 0 saturated heterocycles. The summed E-state index contributed by atoms with van der Waals surface area (Å²) in [4.78, 5) is 0. The Morgan fingerprint density at radius 1 is 1.53 bits per heavy atom. The minimum atomic E-state index is 0.469. The molecule has 1 aliphatic carbocycles. The SMILES string of the molecule is Cn1nccc1CCCCC(N)C1CC1. The topological polar surface area (TPSA) is 43.8 Å². The Kier molecular flexibility index (Phi) is 3.41. The van der Waals surface area contributed by atoms with Crippen LogP contribution in [0, 0.1) is 5.92 Å². The lowest BCUT2D eigenvalue weighted by Gasteiger charge is -2.09. The standard InChI is InChI=1S/C12H21N3/c1-15-11(8-9-14-15)4-2-3-5-12(13)10-6-7-10/h8-10,12H,2-7,13H2,1H3. The second kappa shape index (κ2) is 4.79. The molecule has 3 nitrogen and oxygen atoms in total. The summed E-state index contributed by atoms with van der Waals surface area (Å²) in [6, 6.07) is 2.57. The van der Waals surface area contributed by atoms with Crippen LogP contribution in [0.3, 0.4) is 0 Å². The summed E-state index contributed by atoms with van der Waals surface area (Å²) >= 11 is 0. The molecule has 2 N–H and O–H groups in total. The monoisotopic (exact) mass is 207 g/mol. The highest BCUT2D eigenvalue weighted by atomic mass is 15.2. The summed E-state index contributed by atoms with van der Waals surface area (Å²) in [5.41, 5.74) is 7.38. The van der Waals surface area contributed by atoms with Crippen molar-refractivity contribution in [2.24, 2.45) is 18.7 Å². The third-order valence-electron chi connectivity index (χ3n) is 3.37. The minimum absolute atomic E-state index is 0.469. The van der Waals surface area contributed by atoms with E-state index < -0.39 is 0 Å². The zero-order valence-electron chi connectivity index (χ0n) is 9.52. The lowest BCUT2D eigenvalue weighted by atomic mass is 10.0. The van der Waals surface area contributed by atoms with Crippen molar-refractivity contribution >= 4 is 0 Å². The Balaban J connectivity index is 1.60. The molecule has 0 radical (unpaired) electrons. The maximum atomic E-state index is 6.05.